The molecule has 1 aromatic rings. The molecule has 1 N–H and O–H groups in total. The highest BCUT2D eigenvalue weighted by atomic mass is 127. The molecule has 0 radical (unpaired) electrons. The number of nitrogens with one attached hydrogen (secondary N) is 1. The van der Waals surface area contributed by atoms with Crippen molar-refractivity contribution < 1.29 is 9.59 Å². The van der Waals surface area contributed by atoms with Gasteiger partial charge < -0.3 is 4.90 Å². The molecule has 0 atom stereocenters. The van der Waals surface area contributed by atoms with E-state index >= 15 is 0 Å². The van der Waals surface area contributed by atoms with E-state index in [0.717, 1.165) is 5.56 Å². The first-order chi connectivity index (χ1) is 7.56. The predicted octanol–water partition coefficient (Wildman–Crippen LogP) is 1.65. The molecule has 1 heterocycles. The SMILES string of the molecule is Cc1cc(CN2CC(=O)NC2=O)ccc1I. The Bertz CT molecular complexity index is 459. The largest absolute Gasteiger partial charge is 0.324 e. The number of nitrogens with zero attached hydrogens (tertiary/aromatic N) is 1. The number of aryl methyl sites for hydroxylation is 1. The molecule has 0 unspecified atom stereocenters. The second kappa shape index (κ2) is 4.40. The van der Waals surface area contributed by atoms with Gasteiger partial charge in [0, 0.05) is 10.1 Å². The number of hydrogen-bond acceptors (Lipinski definition) is 2. The van der Waals surface area contributed by atoms with Gasteiger partial charge in [0.25, 0.3) is 0 Å². The third kappa shape index (κ3) is 2.34. The Kier molecular flexibility index (Phi) is 3.13. The van der Waals surface area contributed by atoms with Crippen molar-refractivity contribution in [2.75, 3.05) is 6.54 Å². The minimum atomic E-state index is -0.304. The fourth-order valence-electron chi connectivity index (χ4n) is 1.64. The number of halogens is 1. The highest BCUT2D eigenvalue weighted by Gasteiger charge is 2.26. The Balaban J connectivity index is 2.12. The molecule has 1 fully saturated rings. The van der Waals surface area contributed by atoms with Gasteiger partial charge in [-0.3, -0.25) is 10.1 Å². The maximum atomic E-state index is 11.3. The van der Waals surface area contributed by atoms with E-state index in [1.54, 1.807) is 0 Å². The number of urea groups is 1. The van der Waals surface area contributed by atoms with Crippen molar-refractivity contribution in [2.45, 2.75) is 13.5 Å². The second-order valence-corrected chi connectivity index (χ2v) is 4.96. The van der Waals surface area contributed by atoms with E-state index in [1.807, 2.05) is 25.1 Å². The van der Waals surface area contributed by atoms with Gasteiger partial charge in [0.2, 0.25) is 5.91 Å². The molecule has 1 aromatic carbocycles. The third-order valence-electron chi connectivity index (χ3n) is 2.46. The minimum absolute atomic E-state index is 0.157. The van der Waals surface area contributed by atoms with Gasteiger partial charge in [0.1, 0.15) is 6.54 Å². The zero-order chi connectivity index (χ0) is 11.7. The summed E-state index contributed by atoms with van der Waals surface area (Å²) in [6, 6.07) is 5.73. The van der Waals surface area contributed by atoms with Gasteiger partial charge in [0.05, 0.1) is 0 Å². The van der Waals surface area contributed by atoms with Crippen LogP contribution in [0.15, 0.2) is 18.2 Å². The first-order valence-corrected chi connectivity index (χ1v) is 5.98. The number of imide groups is 1. The maximum Gasteiger partial charge on any atom is 0.324 e. The van der Waals surface area contributed by atoms with Gasteiger partial charge in [-0.25, -0.2) is 4.79 Å². The van der Waals surface area contributed by atoms with Crippen LogP contribution in [0, 0.1) is 10.5 Å². The van der Waals surface area contributed by atoms with E-state index in [0.29, 0.717) is 6.54 Å². The summed E-state index contributed by atoms with van der Waals surface area (Å²) < 4.78 is 1.20. The van der Waals surface area contributed by atoms with Crippen LogP contribution in [-0.4, -0.2) is 23.4 Å². The Morgan fingerprint density at radius 2 is 2.19 bits per heavy atom. The molecule has 2 rings (SSSR count). The highest BCUT2D eigenvalue weighted by Crippen LogP contribution is 2.15. The molecule has 84 valence electrons. The molecule has 4 nitrogen and oxygen atoms in total. The second-order valence-electron chi connectivity index (χ2n) is 3.79. The van der Waals surface area contributed by atoms with Crippen molar-refractivity contribution in [3.8, 4) is 0 Å². The van der Waals surface area contributed by atoms with Crippen molar-refractivity contribution in [3.63, 3.8) is 0 Å². The van der Waals surface area contributed by atoms with Gasteiger partial charge in [-0.15, -0.1) is 0 Å². The summed E-state index contributed by atoms with van der Waals surface area (Å²) in [5.41, 5.74) is 2.23. The van der Waals surface area contributed by atoms with E-state index in [9.17, 15) is 9.59 Å². The zero-order valence-electron chi connectivity index (χ0n) is 8.79. The summed E-state index contributed by atoms with van der Waals surface area (Å²) in [5, 5.41) is 2.26. The van der Waals surface area contributed by atoms with E-state index < -0.39 is 0 Å². The van der Waals surface area contributed by atoms with Crippen molar-refractivity contribution in [3.05, 3.63) is 32.9 Å². The smallest absolute Gasteiger partial charge is 0.311 e. The molecule has 16 heavy (non-hydrogen) atoms. The molecule has 0 aromatic heterocycles. The molecular formula is C11H11IN2O2. The lowest BCUT2D eigenvalue weighted by molar-refractivity contribution is -0.118. The fourth-order valence-corrected chi connectivity index (χ4v) is 1.97. The first kappa shape index (κ1) is 11.4. The quantitative estimate of drug-likeness (QED) is 0.662. The van der Waals surface area contributed by atoms with Gasteiger partial charge >= 0.3 is 6.03 Å². The zero-order valence-corrected chi connectivity index (χ0v) is 10.9. The normalized spacial score (nSPS) is 15.5. The van der Waals surface area contributed by atoms with Crippen LogP contribution >= 0.6 is 22.6 Å². The Hall–Kier alpha value is -1.11. The lowest BCUT2D eigenvalue weighted by atomic mass is 10.1. The minimum Gasteiger partial charge on any atom is -0.311 e. The average molecular weight is 330 g/mol. The molecule has 1 saturated heterocycles. The summed E-state index contributed by atoms with van der Waals surface area (Å²) in [5.74, 6) is -0.229. The summed E-state index contributed by atoms with van der Waals surface area (Å²) >= 11 is 2.27. The average Bonchev–Trinajstić information content (AvgIpc) is 2.51. The number of rotatable bonds is 2. The van der Waals surface area contributed by atoms with Crippen LogP contribution in [0.4, 0.5) is 4.79 Å². The first-order valence-electron chi connectivity index (χ1n) is 4.90. The third-order valence-corrected chi connectivity index (χ3v) is 3.67. The summed E-state index contributed by atoms with van der Waals surface area (Å²) in [7, 11) is 0. The van der Waals surface area contributed by atoms with Crippen LogP contribution in [-0.2, 0) is 11.3 Å². The molecular weight excluding hydrogens is 319 g/mol. The van der Waals surface area contributed by atoms with Crippen molar-refractivity contribution in [1.82, 2.24) is 10.2 Å². The van der Waals surface area contributed by atoms with Crippen LogP contribution in [0.3, 0.4) is 0 Å². The van der Waals surface area contributed by atoms with E-state index in [2.05, 4.69) is 27.9 Å². The predicted molar refractivity (Wildman–Crippen MR) is 67.8 cm³/mol. The molecule has 1 aliphatic rings. The van der Waals surface area contributed by atoms with Gasteiger partial charge in [-0.2, -0.15) is 0 Å². The number of benzene rings is 1. The van der Waals surface area contributed by atoms with E-state index in [1.165, 1.54) is 14.0 Å². The van der Waals surface area contributed by atoms with Crippen molar-refractivity contribution in [2.24, 2.45) is 0 Å². The summed E-state index contributed by atoms with van der Waals surface area (Å²) in [4.78, 5) is 23.8. The van der Waals surface area contributed by atoms with Crippen LogP contribution < -0.4 is 5.32 Å². The monoisotopic (exact) mass is 330 g/mol. The fraction of sp³-hybridized carbons (Fsp3) is 0.273. The molecule has 3 amide bonds. The van der Waals surface area contributed by atoms with Crippen LogP contribution in [0.25, 0.3) is 0 Å². The molecule has 0 saturated carbocycles. The molecule has 0 bridgehead atoms. The van der Waals surface area contributed by atoms with Crippen LogP contribution in [0.2, 0.25) is 0 Å². The van der Waals surface area contributed by atoms with Crippen molar-refractivity contribution >= 4 is 34.5 Å². The van der Waals surface area contributed by atoms with Gasteiger partial charge in [-0.1, -0.05) is 12.1 Å². The Labute approximate surface area is 107 Å². The lowest BCUT2D eigenvalue weighted by Gasteiger charge is -2.13. The molecule has 0 spiro atoms. The molecule has 5 heteroatoms. The Morgan fingerprint density at radius 3 is 2.75 bits per heavy atom. The number of hydrogen-bond donors (Lipinski definition) is 1. The van der Waals surface area contributed by atoms with E-state index in [-0.39, 0.29) is 18.5 Å². The topological polar surface area (TPSA) is 49.4 Å². The summed E-state index contributed by atoms with van der Waals surface area (Å²) in [6.45, 7) is 2.67. The lowest BCUT2D eigenvalue weighted by Crippen LogP contribution is -2.27. The highest BCUT2D eigenvalue weighted by molar-refractivity contribution is 14.1. The maximum absolute atomic E-state index is 11.3. The molecule has 1 aliphatic heterocycles. The molecule has 0 aliphatic carbocycles. The van der Waals surface area contributed by atoms with Gasteiger partial charge in [-0.05, 0) is 46.7 Å². The number of carbonyl (C=O) groups excluding carboxylic acids is 2. The standard InChI is InChI=1S/C11H11IN2O2/c1-7-4-8(2-3-9(7)12)5-14-6-10(15)13-11(14)16/h2-4H,5-6H2,1H3,(H,13,15,16). The van der Waals surface area contributed by atoms with Crippen LogP contribution in [0.1, 0.15) is 11.1 Å². The number of amides is 3. The Morgan fingerprint density at radius 1 is 1.44 bits per heavy atom. The van der Waals surface area contributed by atoms with Crippen LogP contribution in [0.5, 0.6) is 0 Å². The van der Waals surface area contributed by atoms with E-state index in [4.69, 9.17) is 0 Å². The number of carbonyl (C=O) groups is 2. The van der Waals surface area contributed by atoms with Crippen molar-refractivity contribution in [1.29, 1.82) is 0 Å². The summed E-state index contributed by atoms with van der Waals surface area (Å²) in [6.07, 6.45) is 0. The van der Waals surface area contributed by atoms with Gasteiger partial charge in [0.15, 0.2) is 0 Å².